The van der Waals surface area contributed by atoms with Gasteiger partial charge in [-0.25, -0.2) is 0 Å². The topological polar surface area (TPSA) is 55.6 Å². The first kappa shape index (κ1) is 13.7. The summed E-state index contributed by atoms with van der Waals surface area (Å²) >= 11 is 10.8. The molecule has 92 valence electrons. The van der Waals surface area contributed by atoms with Gasteiger partial charge in [0.1, 0.15) is 10.7 Å². The van der Waals surface area contributed by atoms with Gasteiger partial charge in [-0.05, 0) is 18.2 Å². The number of nitrogens with two attached hydrogens (primary N) is 1. The fourth-order valence-corrected chi connectivity index (χ4v) is 1.57. The number of hydrogen-bond acceptors (Lipinski definition) is 3. The summed E-state index contributed by atoms with van der Waals surface area (Å²) in [5, 5.41) is 0.410. The van der Waals surface area contributed by atoms with Crippen LogP contribution in [0.25, 0.3) is 0 Å². The number of ether oxygens (including phenoxy) is 1. The van der Waals surface area contributed by atoms with Crippen LogP contribution in [-0.2, 0) is 4.79 Å². The van der Waals surface area contributed by atoms with Crippen LogP contribution in [0.4, 0.5) is 0 Å². The molecule has 0 aliphatic rings. The Labute approximate surface area is 110 Å². The molecule has 0 aliphatic carbocycles. The number of hydrogen-bond donors (Lipinski definition) is 1. The van der Waals surface area contributed by atoms with Gasteiger partial charge in [0, 0.05) is 19.7 Å². The lowest BCUT2D eigenvalue weighted by Gasteiger charge is -2.12. The molecule has 0 radical (unpaired) electrons. The van der Waals surface area contributed by atoms with Gasteiger partial charge in [-0.1, -0.05) is 23.8 Å². The van der Waals surface area contributed by atoms with Gasteiger partial charge in [-0.2, -0.15) is 0 Å². The van der Waals surface area contributed by atoms with E-state index < -0.39 is 0 Å². The van der Waals surface area contributed by atoms with Gasteiger partial charge in [-0.15, -0.1) is 0 Å². The van der Waals surface area contributed by atoms with E-state index in [2.05, 4.69) is 0 Å². The van der Waals surface area contributed by atoms with E-state index in [1.807, 2.05) is 0 Å². The second kappa shape index (κ2) is 5.84. The first-order chi connectivity index (χ1) is 7.91. The summed E-state index contributed by atoms with van der Waals surface area (Å²) in [6, 6.07) is 4.92. The highest BCUT2D eigenvalue weighted by Crippen LogP contribution is 2.22. The highest BCUT2D eigenvalue weighted by molar-refractivity contribution is 7.80. The molecule has 0 saturated carbocycles. The van der Waals surface area contributed by atoms with Crippen molar-refractivity contribution in [3.8, 4) is 5.75 Å². The van der Waals surface area contributed by atoms with Crippen molar-refractivity contribution in [3.05, 3.63) is 28.8 Å². The number of amides is 1. The molecule has 0 saturated heterocycles. The van der Waals surface area contributed by atoms with Gasteiger partial charge >= 0.3 is 0 Å². The monoisotopic (exact) mass is 272 g/mol. The van der Waals surface area contributed by atoms with Crippen LogP contribution in [0, 0.1) is 0 Å². The van der Waals surface area contributed by atoms with Crippen molar-refractivity contribution in [1.29, 1.82) is 0 Å². The molecule has 0 fully saturated rings. The second-order valence-electron chi connectivity index (χ2n) is 3.58. The van der Waals surface area contributed by atoms with E-state index in [0.717, 1.165) is 0 Å². The molecule has 0 atom stereocenters. The van der Waals surface area contributed by atoms with E-state index in [1.165, 1.54) is 4.90 Å². The molecule has 0 bridgehead atoms. The Morgan fingerprint density at radius 3 is 2.65 bits per heavy atom. The minimum atomic E-state index is -0.125. The molecule has 0 unspecified atom stereocenters. The van der Waals surface area contributed by atoms with Crippen LogP contribution in [0.1, 0.15) is 5.56 Å². The predicted molar refractivity (Wildman–Crippen MR) is 71.5 cm³/mol. The first-order valence-electron chi connectivity index (χ1n) is 4.84. The van der Waals surface area contributed by atoms with E-state index in [1.54, 1.807) is 32.3 Å². The molecule has 1 amide bonds. The molecule has 1 aromatic carbocycles. The third-order valence-corrected chi connectivity index (χ3v) is 2.60. The lowest BCUT2D eigenvalue weighted by atomic mass is 10.2. The van der Waals surface area contributed by atoms with E-state index in [0.29, 0.717) is 16.3 Å². The maximum absolute atomic E-state index is 11.3. The Balaban J connectivity index is 2.71. The Morgan fingerprint density at radius 2 is 2.18 bits per heavy atom. The van der Waals surface area contributed by atoms with Crippen molar-refractivity contribution in [3.63, 3.8) is 0 Å². The quantitative estimate of drug-likeness (QED) is 0.843. The molecule has 0 heterocycles. The molecule has 6 heteroatoms. The Hall–Kier alpha value is -1.33. The van der Waals surface area contributed by atoms with Crippen molar-refractivity contribution in [2.24, 2.45) is 5.73 Å². The van der Waals surface area contributed by atoms with Crippen LogP contribution >= 0.6 is 23.8 Å². The van der Waals surface area contributed by atoms with Crippen molar-refractivity contribution < 1.29 is 9.53 Å². The van der Waals surface area contributed by atoms with Crippen LogP contribution in [0.5, 0.6) is 5.75 Å². The van der Waals surface area contributed by atoms with E-state index in [4.69, 9.17) is 34.3 Å². The molecule has 17 heavy (non-hydrogen) atoms. The summed E-state index contributed by atoms with van der Waals surface area (Å²) in [5.41, 5.74) is 6.06. The summed E-state index contributed by atoms with van der Waals surface area (Å²) in [5.74, 6) is 0.379. The number of carbonyl (C=O) groups excluding carboxylic acids is 1. The van der Waals surface area contributed by atoms with Crippen LogP contribution in [0.15, 0.2) is 18.2 Å². The average molecular weight is 273 g/mol. The number of carbonyl (C=O) groups is 1. The number of nitrogens with zero attached hydrogens (tertiary/aromatic N) is 1. The molecule has 2 N–H and O–H groups in total. The number of likely N-dealkylation sites (N-methyl/N-ethyl adjacent to an activating group) is 1. The van der Waals surface area contributed by atoms with Crippen LogP contribution < -0.4 is 10.5 Å². The third-order valence-electron chi connectivity index (χ3n) is 2.07. The minimum absolute atomic E-state index is 0.0320. The van der Waals surface area contributed by atoms with E-state index >= 15 is 0 Å². The SMILES string of the molecule is CN(C)C(=O)COc1ccc(C(N)=S)c(Cl)c1. The predicted octanol–water partition coefficient (Wildman–Crippen LogP) is 1.44. The van der Waals surface area contributed by atoms with E-state index in [9.17, 15) is 4.79 Å². The normalized spacial score (nSPS) is 9.82. The fourth-order valence-electron chi connectivity index (χ4n) is 1.06. The molecule has 0 spiro atoms. The average Bonchev–Trinajstić information content (AvgIpc) is 2.25. The highest BCUT2D eigenvalue weighted by atomic mass is 35.5. The number of halogens is 1. The third kappa shape index (κ3) is 3.87. The Kier molecular flexibility index (Phi) is 4.72. The highest BCUT2D eigenvalue weighted by Gasteiger charge is 2.08. The summed E-state index contributed by atoms with van der Waals surface area (Å²) in [4.78, 5) is 13.0. The maximum atomic E-state index is 11.3. The molecule has 0 aromatic heterocycles. The molecule has 1 aromatic rings. The first-order valence-corrected chi connectivity index (χ1v) is 5.62. The van der Waals surface area contributed by atoms with Crippen molar-refractivity contribution in [1.82, 2.24) is 4.90 Å². The fraction of sp³-hybridized carbons (Fsp3) is 0.273. The molecule has 0 aliphatic heterocycles. The Bertz CT molecular complexity index is 449. The van der Waals surface area contributed by atoms with Crippen molar-refractivity contribution >= 4 is 34.7 Å². The van der Waals surface area contributed by atoms with Gasteiger partial charge in [0.05, 0.1) is 5.02 Å². The largest absolute Gasteiger partial charge is 0.484 e. The zero-order chi connectivity index (χ0) is 13.0. The molecular formula is C11H13ClN2O2S. The molecule has 4 nitrogen and oxygen atoms in total. The molecular weight excluding hydrogens is 260 g/mol. The lowest BCUT2D eigenvalue weighted by molar-refractivity contribution is -0.130. The standard InChI is InChI=1S/C11H13ClN2O2S/c1-14(2)10(15)6-16-7-3-4-8(11(13)17)9(12)5-7/h3-5H,6H2,1-2H3,(H2,13,17). The zero-order valence-electron chi connectivity index (χ0n) is 9.57. The summed E-state index contributed by atoms with van der Waals surface area (Å²) in [7, 11) is 3.32. The summed E-state index contributed by atoms with van der Waals surface area (Å²) < 4.78 is 5.28. The van der Waals surface area contributed by atoms with Crippen molar-refractivity contribution in [2.75, 3.05) is 20.7 Å². The van der Waals surface area contributed by atoms with Crippen LogP contribution in [0.3, 0.4) is 0 Å². The summed E-state index contributed by atoms with van der Waals surface area (Å²) in [6.45, 7) is -0.0320. The van der Waals surface area contributed by atoms with Crippen molar-refractivity contribution in [2.45, 2.75) is 0 Å². The second-order valence-corrected chi connectivity index (χ2v) is 4.43. The summed E-state index contributed by atoms with van der Waals surface area (Å²) in [6.07, 6.45) is 0. The van der Waals surface area contributed by atoms with Gasteiger partial charge in [0.15, 0.2) is 6.61 Å². The van der Waals surface area contributed by atoms with Gasteiger partial charge < -0.3 is 15.4 Å². The Morgan fingerprint density at radius 1 is 1.53 bits per heavy atom. The van der Waals surface area contributed by atoms with Gasteiger partial charge in [-0.3, -0.25) is 4.79 Å². The van der Waals surface area contributed by atoms with E-state index in [-0.39, 0.29) is 17.5 Å². The number of rotatable bonds is 4. The number of benzene rings is 1. The van der Waals surface area contributed by atoms with Gasteiger partial charge in [0.25, 0.3) is 5.91 Å². The smallest absolute Gasteiger partial charge is 0.259 e. The number of thiocarbonyl (C=S) groups is 1. The zero-order valence-corrected chi connectivity index (χ0v) is 11.1. The lowest BCUT2D eigenvalue weighted by Crippen LogP contribution is -2.27. The van der Waals surface area contributed by atoms with Crippen LogP contribution in [-0.4, -0.2) is 36.5 Å². The van der Waals surface area contributed by atoms with Gasteiger partial charge in [0.2, 0.25) is 0 Å². The maximum Gasteiger partial charge on any atom is 0.259 e. The minimum Gasteiger partial charge on any atom is -0.484 e. The van der Waals surface area contributed by atoms with Crippen LogP contribution in [0.2, 0.25) is 5.02 Å². The molecule has 1 rings (SSSR count).